The number of benzene rings is 4. The lowest BCUT2D eigenvalue weighted by Gasteiger charge is -2.33. The molecule has 0 spiro atoms. The van der Waals surface area contributed by atoms with Crippen molar-refractivity contribution in [1.82, 2.24) is 10.6 Å². The van der Waals surface area contributed by atoms with E-state index in [-0.39, 0.29) is 23.9 Å². The fourth-order valence-electron chi connectivity index (χ4n) is 6.08. The Morgan fingerprint density at radius 1 is 0.500 bits per heavy atom. The van der Waals surface area contributed by atoms with Gasteiger partial charge in [-0.25, -0.2) is 0 Å². The van der Waals surface area contributed by atoms with Gasteiger partial charge in [0.05, 0.1) is 0 Å². The fourth-order valence-corrected chi connectivity index (χ4v) is 10.8. The van der Waals surface area contributed by atoms with E-state index in [4.69, 9.17) is 0 Å². The number of nitrogens with one attached hydrogen (secondary N) is 2. The van der Waals surface area contributed by atoms with Crippen LogP contribution < -0.4 is 31.9 Å². The molecular formula is C38H44N2O2P2. The Kier molecular flexibility index (Phi) is 12.6. The molecule has 0 bridgehead atoms. The second-order valence-electron chi connectivity index (χ2n) is 11.5. The van der Waals surface area contributed by atoms with Gasteiger partial charge in [-0.1, -0.05) is 134 Å². The van der Waals surface area contributed by atoms with E-state index < -0.39 is 15.8 Å². The minimum Gasteiger partial charge on any atom is -0.351 e. The SMILES string of the molecule is O=C(CCCP(c1ccccc1)c1ccccc1)N[C@@H]1CCCC[C@H]1NC(=O)CCCP(c1ccccc1)c1ccccc1. The van der Waals surface area contributed by atoms with Crippen LogP contribution in [0.1, 0.15) is 51.4 Å². The van der Waals surface area contributed by atoms with Gasteiger partial charge in [0, 0.05) is 24.9 Å². The molecule has 6 heteroatoms. The fraction of sp³-hybridized carbons (Fsp3) is 0.316. The normalized spacial score (nSPS) is 16.5. The largest absolute Gasteiger partial charge is 0.351 e. The first-order chi connectivity index (χ1) is 21.7. The van der Waals surface area contributed by atoms with Crippen LogP contribution in [0.4, 0.5) is 0 Å². The van der Waals surface area contributed by atoms with Crippen LogP contribution in [0, 0.1) is 0 Å². The van der Waals surface area contributed by atoms with Gasteiger partial charge in [0.25, 0.3) is 0 Å². The van der Waals surface area contributed by atoms with Crippen molar-refractivity contribution in [2.24, 2.45) is 0 Å². The zero-order valence-electron chi connectivity index (χ0n) is 25.5. The summed E-state index contributed by atoms with van der Waals surface area (Å²) in [6.45, 7) is 0. The summed E-state index contributed by atoms with van der Waals surface area (Å²) >= 11 is 0. The zero-order chi connectivity index (χ0) is 30.4. The van der Waals surface area contributed by atoms with Crippen LogP contribution >= 0.6 is 15.8 Å². The molecule has 0 aliphatic heterocycles. The second-order valence-corrected chi connectivity index (χ2v) is 16.2. The smallest absolute Gasteiger partial charge is 0.220 e. The van der Waals surface area contributed by atoms with Crippen molar-refractivity contribution >= 4 is 48.9 Å². The average molecular weight is 623 g/mol. The van der Waals surface area contributed by atoms with Gasteiger partial charge < -0.3 is 10.6 Å². The predicted octanol–water partition coefficient (Wildman–Crippen LogP) is 6.36. The van der Waals surface area contributed by atoms with E-state index in [0.717, 1.165) is 50.8 Å². The molecule has 4 aromatic rings. The first kappa shape index (κ1) is 32.1. The maximum atomic E-state index is 13.1. The third-order valence-electron chi connectivity index (χ3n) is 8.30. The molecule has 228 valence electrons. The molecule has 4 nitrogen and oxygen atoms in total. The van der Waals surface area contributed by atoms with Crippen molar-refractivity contribution in [1.29, 1.82) is 0 Å². The molecule has 2 atom stereocenters. The van der Waals surface area contributed by atoms with E-state index in [0.29, 0.717) is 12.8 Å². The molecule has 5 rings (SSSR count). The summed E-state index contributed by atoms with van der Waals surface area (Å²) < 4.78 is 0. The van der Waals surface area contributed by atoms with Crippen molar-refractivity contribution in [3.63, 3.8) is 0 Å². The third-order valence-corrected chi connectivity index (χ3v) is 13.5. The zero-order valence-corrected chi connectivity index (χ0v) is 27.3. The van der Waals surface area contributed by atoms with Gasteiger partial charge >= 0.3 is 0 Å². The molecule has 1 saturated carbocycles. The van der Waals surface area contributed by atoms with E-state index in [2.05, 4.69) is 132 Å². The van der Waals surface area contributed by atoms with Crippen molar-refractivity contribution in [3.8, 4) is 0 Å². The number of amides is 2. The van der Waals surface area contributed by atoms with E-state index in [1.165, 1.54) is 21.2 Å². The lowest BCUT2D eigenvalue weighted by atomic mass is 9.90. The topological polar surface area (TPSA) is 58.2 Å². The molecule has 1 aliphatic rings. The number of carbonyl (C=O) groups is 2. The highest BCUT2D eigenvalue weighted by molar-refractivity contribution is 7.73. The first-order valence-electron chi connectivity index (χ1n) is 16.0. The summed E-state index contributed by atoms with van der Waals surface area (Å²) in [5.74, 6) is 0.201. The predicted molar refractivity (Wildman–Crippen MR) is 189 cm³/mol. The monoisotopic (exact) mass is 622 g/mol. The van der Waals surface area contributed by atoms with Gasteiger partial charge in [-0.3, -0.25) is 9.59 Å². The van der Waals surface area contributed by atoms with Crippen molar-refractivity contribution in [2.75, 3.05) is 12.3 Å². The molecule has 0 radical (unpaired) electrons. The molecule has 0 unspecified atom stereocenters. The quantitative estimate of drug-likeness (QED) is 0.161. The minimum atomic E-state index is -0.498. The summed E-state index contributed by atoms with van der Waals surface area (Å²) in [5, 5.41) is 12.0. The third kappa shape index (κ3) is 9.59. The maximum Gasteiger partial charge on any atom is 0.220 e. The first-order valence-corrected chi connectivity index (χ1v) is 19.1. The van der Waals surface area contributed by atoms with Crippen LogP contribution in [0.15, 0.2) is 121 Å². The van der Waals surface area contributed by atoms with Crippen molar-refractivity contribution in [2.45, 2.75) is 63.5 Å². The van der Waals surface area contributed by atoms with Gasteiger partial charge in [-0.15, -0.1) is 0 Å². The van der Waals surface area contributed by atoms with E-state index in [1.54, 1.807) is 0 Å². The van der Waals surface area contributed by atoms with Crippen molar-refractivity contribution < 1.29 is 9.59 Å². The Morgan fingerprint density at radius 2 is 0.795 bits per heavy atom. The van der Waals surface area contributed by atoms with Gasteiger partial charge in [-0.2, -0.15) is 0 Å². The van der Waals surface area contributed by atoms with Crippen LogP contribution in [0.3, 0.4) is 0 Å². The molecule has 0 aromatic heterocycles. The standard InChI is InChI=1S/C38H44N2O2P2/c41-37(27-15-29-43(31-17-5-1-6-18-31)32-19-7-2-8-20-32)39-35-25-13-14-26-36(35)40-38(42)28-16-30-44(33-21-9-3-10-22-33)34-23-11-4-12-24-34/h1-12,17-24,35-36H,13-16,25-30H2,(H,39,41)(H,40,42)/t35-,36-/m1/s1. The highest BCUT2D eigenvalue weighted by Crippen LogP contribution is 2.35. The van der Waals surface area contributed by atoms with Gasteiger partial charge in [0.15, 0.2) is 0 Å². The summed E-state index contributed by atoms with van der Waals surface area (Å²) in [4.78, 5) is 26.2. The molecule has 1 fully saturated rings. The minimum absolute atomic E-state index is 0.00992. The summed E-state index contributed by atoms with van der Waals surface area (Å²) in [6.07, 6.45) is 8.69. The van der Waals surface area contributed by atoms with Crippen LogP contribution in [0.5, 0.6) is 0 Å². The number of carbonyl (C=O) groups excluding carboxylic acids is 2. The molecule has 0 saturated heterocycles. The highest BCUT2D eigenvalue weighted by Gasteiger charge is 2.28. The summed E-state index contributed by atoms with van der Waals surface area (Å²) in [7, 11) is -0.996. The summed E-state index contributed by atoms with van der Waals surface area (Å²) in [6, 6.07) is 42.7. The van der Waals surface area contributed by atoms with Gasteiger partial charge in [0.1, 0.15) is 0 Å². The number of hydrogen-bond donors (Lipinski definition) is 2. The van der Waals surface area contributed by atoms with Crippen LogP contribution in [0.2, 0.25) is 0 Å². The Hall–Kier alpha value is -3.32. The molecule has 4 aromatic carbocycles. The number of hydrogen-bond acceptors (Lipinski definition) is 2. The average Bonchev–Trinajstić information content (AvgIpc) is 3.07. The van der Waals surface area contributed by atoms with Gasteiger partial charge in [-0.05, 0) is 75.1 Å². The maximum absolute atomic E-state index is 13.1. The second kappa shape index (κ2) is 17.2. The highest BCUT2D eigenvalue weighted by atomic mass is 31.1. The molecule has 2 amide bonds. The summed E-state index contributed by atoms with van der Waals surface area (Å²) in [5.41, 5.74) is 0. The lowest BCUT2D eigenvalue weighted by Crippen LogP contribution is -2.53. The van der Waals surface area contributed by atoms with E-state index >= 15 is 0 Å². The van der Waals surface area contributed by atoms with Gasteiger partial charge in [0.2, 0.25) is 11.8 Å². The van der Waals surface area contributed by atoms with Crippen LogP contribution in [-0.2, 0) is 9.59 Å². The molecule has 44 heavy (non-hydrogen) atoms. The van der Waals surface area contributed by atoms with E-state index in [9.17, 15) is 9.59 Å². The molecular weight excluding hydrogens is 578 g/mol. The van der Waals surface area contributed by atoms with Crippen LogP contribution in [0.25, 0.3) is 0 Å². The van der Waals surface area contributed by atoms with Crippen molar-refractivity contribution in [3.05, 3.63) is 121 Å². The van der Waals surface area contributed by atoms with E-state index in [1.807, 2.05) is 0 Å². The molecule has 2 N–H and O–H groups in total. The Balaban J connectivity index is 1.10. The Labute approximate surface area is 265 Å². The Bertz CT molecular complexity index is 1230. The van der Waals surface area contributed by atoms with Crippen LogP contribution in [-0.4, -0.2) is 36.2 Å². The molecule has 1 aliphatic carbocycles. The lowest BCUT2D eigenvalue weighted by molar-refractivity contribution is -0.125. The Morgan fingerprint density at radius 3 is 1.09 bits per heavy atom. The number of rotatable bonds is 14. The molecule has 0 heterocycles.